The van der Waals surface area contributed by atoms with Crippen molar-refractivity contribution in [2.45, 2.75) is 70.4 Å². The van der Waals surface area contributed by atoms with Gasteiger partial charge in [-0.2, -0.15) is 0 Å². The third-order valence-corrected chi connectivity index (χ3v) is 6.41. The molecule has 31 heavy (non-hydrogen) atoms. The van der Waals surface area contributed by atoms with Crippen LogP contribution in [-0.4, -0.2) is 48.5 Å². The van der Waals surface area contributed by atoms with Gasteiger partial charge in [0, 0.05) is 25.1 Å². The lowest BCUT2D eigenvalue weighted by Crippen LogP contribution is -2.55. The van der Waals surface area contributed by atoms with Gasteiger partial charge in [-0.25, -0.2) is 0 Å². The number of hydrogen-bond acceptors (Lipinski definition) is 5. The Bertz CT molecular complexity index is 788. The zero-order valence-electron chi connectivity index (χ0n) is 18.7. The molecule has 1 aromatic carbocycles. The van der Waals surface area contributed by atoms with E-state index in [1.54, 1.807) is 18.9 Å². The number of rotatable bonds is 8. The Hall–Kier alpha value is -2.57. The number of ether oxygens (including phenoxy) is 2. The number of methoxy groups -OCH3 is 1. The Labute approximate surface area is 184 Å². The maximum Gasteiger partial charge on any atom is 0.308 e. The van der Waals surface area contributed by atoms with Crippen LogP contribution in [0, 0.1) is 5.92 Å². The van der Waals surface area contributed by atoms with Gasteiger partial charge in [-0.15, -0.1) is 0 Å². The van der Waals surface area contributed by atoms with Crippen molar-refractivity contribution >= 4 is 17.8 Å². The van der Waals surface area contributed by atoms with Crippen LogP contribution in [0.3, 0.4) is 0 Å². The van der Waals surface area contributed by atoms with Gasteiger partial charge >= 0.3 is 5.97 Å². The fraction of sp³-hybridized carbons (Fsp3) is 0.625. The second-order valence-corrected chi connectivity index (χ2v) is 8.63. The van der Waals surface area contributed by atoms with Crippen molar-refractivity contribution in [3.63, 3.8) is 0 Å². The molecular formula is C24H34N2O5. The molecule has 170 valence electrons. The first kappa shape index (κ1) is 23.1. The van der Waals surface area contributed by atoms with E-state index in [0.29, 0.717) is 32.5 Å². The number of carbonyl (C=O) groups is 3. The van der Waals surface area contributed by atoms with E-state index in [1.165, 1.54) is 0 Å². The molecule has 0 unspecified atom stereocenters. The number of hydrogen-bond donors (Lipinski definition) is 1. The largest absolute Gasteiger partial charge is 0.496 e. The van der Waals surface area contributed by atoms with Crippen molar-refractivity contribution in [2.75, 3.05) is 20.3 Å². The van der Waals surface area contributed by atoms with Crippen molar-refractivity contribution in [2.24, 2.45) is 5.92 Å². The lowest BCUT2D eigenvalue weighted by atomic mass is 9.78. The lowest BCUT2D eigenvalue weighted by Gasteiger charge is -2.40. The fourth-order valence-electron chi connectivity index (χ4n) is 4.75. The summed E-state index contributed by atoms with van der Waals surface area (Å²) in [5.41, 5.74) is 0.391. The van der Waals surface area contributed by atoms with Crippen LogP contribution in [0.5, 0.6) is 5.75 Å². The first-order chi connectivity index (χ1) is 15.0. The molecule has 2 fully saturated rings. The van der Waals surface area contributed by atoms with Gasteiger partial charge in [-0.05, 0) is 32.3 Å². The normalized spacial score (nSPS) is 20.8. The van der Waals surface area contributed by atoms with Gasteiger partial charge in [-0.1, -0.05) is 37.5 Å². The van der Waals surface area contributed by atoms with Crippen LogP contribution in [-0.2, 0) is 25.7 Å². The molecular weight excluding hydrogens is 396 g/mol. The summed E-state index contributed by atoms with van der Waals surface area (Å²) in [6, 6.07) is 7.62. The lowest BCUT2D eigenvalue weighted by molar-refractivity contribution is -0.146. The van der Waals surface area contributed by atoms with E-state index in [0.717, 1.165) is 43.4 Å². The molecule has 1 N–H and O–H groups in total. The quantitative estimate of drug-likeness (QED) is 0.640. The number of amides is 2. The molecule has 1 saturated heterocycles. The maximum absolute atomic E-state index is 13.2. The fourth-order valence-corrected chi connectivity index (χ4v) is 4.75. The minimum Gasteiger partial charge on any atom is -0.496 e. The summed E-state index contributed by atoms with van der Waals surface area (Å²) < 4.78 is 10.6. The number of nitrogens with zero attached hydrogens (tertiary/aromatic N) is 1. The minimum atomic E-state index is -0.531. The van der Waals surface area contributed by atoms with E-state index in [2.05, 4.69) is 5.32 Å². The third kappa shape index (κ3) is 5.99. The molecule has 2 aliphatic rings. The van der Waals surface area contributed by atoms with Gasteiger partial charge in [0.1, 0.15) is 5.75 Å². The van der Waals surface area contributed by atoms with E-state index in [9.17, 15) is 14.4 Å². The molecule has 0 aromatic heterocycles. The summed E-state index contributed by atoms with van der Waals surface area (Å²) in [5.74, 6) is 0.171. The number of likely N-dealkylation sites (tertiary alicyclic amines) is 1. The molecule has 7 heteroatoms. The Morgan fingerprint density at radius 2 is 1.94 bits per heavy atom. The summed E-state index contributed by atoms with van der Waals surface area (Å²) in [5, 5.41) is 3.21. The average molecular weight is 431 g/mol. The SMILES string of the molecule is CCOC(=O)CC1(NC(=O)[C@H]2CCC(=O)N(Cc3ccccc3OC)C2)CCCCC1. The Morgan fingerprint density at radius 3 is 2.65 bits per heavy atom. The highest BCUT2D eigenvalue weighted by Gasteiger charge is 2.39. The second-order valence-electron chi connectivity index (χ2n) is 8.63. The molecule has 7 nitrogen and oxygen atoms in total. The monoisotopic (exact) mass is 430 g/mol. The van der Waals surface area contributed by atoms with Crippen LogP contribution in [0.4, 0.5) is 0 Å². The number of benzene rings is 1. The molecule has 1 aromatic rings. The highest BCUT2D eigenvalue weighted by atomic mass is 16.5. The molecule has 0 spiro atoms. The smallest absolute Gasteiger partial charge is 0.308 e. The first-order valence-electron chi connectivity index (χ1n) is 11.3. The van der Waals surface area contributed by atoms with E-state index in [4.69, 9.17) is 9.47 Å². The number of para-hydroxylation sites is 1. The van der Waals surface area contributed by atoms with Gasteiger partial charge in [0.05, 0.1) is 31.6 Å². The summed E-state index contributed by atoms with van der Waals surface area (Å²) in [6.07, 6.45) is 5.75. The first-order valence-corrected chi connectivity index (χ1v) is 11.3. The van der Waals surface area contributed by atoms with E-state index in [1.807, 2.05) is 24.3 Å². The molecule has 1 saturated carbocycles. The zero-order valence-corrected chi connectivity index (χ0v) is 18.7. The highest BCUT2D eigenvalue weighted by molar-refractivity contribution is 5.85. The molecule has 1 aliphatic carbocycles. The van der Waals surface area contributed by atoms with Crippen LogP contribution in [0.15, 0.2) is 24.3 Å². The summed E-state index contributed by atoms with van der Waals surface area (Å²) >= 11 is 0. The Balaban J connectivity index is 1.67. The van der Waals surface area contributed by atoms with Crippen LogP contribution in [0.2, 0.25) is 0 Å². The van der Waals surface area contributed by atoms with E-state index in [-0.39, 0.29) is 30.1 Å². The molecule has 1 heterocycles. The van der Waals surface area contributed by atoms with Crippen molar-refractivity contribution in [3.05, 3.63) is 29.8 Å². The minimum absolute atomic E-state index is 0.0499. The number of nitrogens with one attached hydrogen (secondary N) is 1. The second kappa shape index (κ2) is 10.6. The standard InChI is InChI=1S/C24H34N2O5/c1-3-31-22(28)15-24(13-7-4-8-14-24)25-23(29)19-11-12-21(27)26(17-19)16-18-9-5-6-10-20(18)30-2/h5-6,9-10,19H,3-4,7-8,11-17H2,1-2H3,(H,25,29)/t19-/m0/s1. The Kier molecular flexibility index (Phi) is 7.93. The van der Waals surface area contributed by atoms with Gasteiger partial charge in [-0.3, -0.25) is 14.4 Å². The van der Waals surface area contributed by atoms with Crippen molar-refractivity contribution in [1.29, 1.82) is 0 Å². The summed E-state index contributed by atoms with van der Waals surface area (Å²) in [6.45, 7) is 2.92. The van der Waals surface area contributed by atoms with E-state index >= 15 is 0 Å². The molecule has 0 radical (unpaired) electrons. The van der Waals surface area contributed by atoms with Crippen molar-refractivity contribution in [3.8, 4) is 5.75 Å². The van der Waals surface area contributed by atoms with Crippen LogP contribution in [0.1, 0.15) is 63.9 Å². The predicted molar refractivity (Wildman–Crippen MR) is 116 cm³/mol. The van der Waals surface area contributed by atoms with Crippen molar-refractivity contribution < 1.29 is 23.9 Å². The molecule has 3 rings (SSSR count). The van der Waals surface area contributed by atoms with Crippen molar-refractivity contribution in [1.82, 2.24) is 10.2 Å². The van der Waals surface area contributed by atoms with Gasteiger partial charge in [0.25, 0.3) is 0 Å². The molecule has 0 bridgehead atoms. The summed E-state index contributed by atoms with van der Waals surface area (Å²) in [7, 11) is 1.61. The highest BCUT2D eigenvalue weighted by Crippen LogP contribution is 2.33. The summed E-state index contributed by atoms with van der Waals surface area (Å²) in [4.78, 5) is 39.7. The molecule has 1 aliphatic heterocycles. The maximum atomic E-state index is 13.2. The predicted octanol–water partition coefficient (Wildman–Crippen LogP) is 3.21. The van der Waals surface area contributed by atoms with Gasteiger partial charge in [0.15, 0.2) is 0 Å². The molecule has 1 atom stereocenters. The van der Waals surface area contributed by atoms with Crippen LogP contribution < -0.4 is 10.1 Å². The molecule has 2 amide bonds. The number of piperidine rings is 1. The van der Waals surface area contributed by atoms with Gasteiger partial charge in [0.2, 0.25) is 11.8 Å². The van der Waals surface area contributed by atoms with Crippen LogP contribution in [0.25, 0.3) is 0 Å². The third-order valence-electron chi connectivity index (χ3n) is 6.41. The Morgan fingerprint density at radius 1 is 1.19 bits per heavy atom. The van der Waals surface area contributed by atoms with Gasteiger partial charge < -0.3 is 19.7 Å². The number of carbonyl (C=O) groups excluding carboxylic acids is 3. The number of esters is 1. The zero-order chi connectivity index (χ0) is 22.3. The topological polar surface area (TPSA) is 84.9 Å². The van der Waals surface area contributed by atoms with Crippen LogP contribution >= 0.6 is 0 Å². The van der Waals surface area contributed by atoms with E-state index < -0.39 is 5.54 Å². The average Bonchev–Trinajstić information content (AvgIpc) is 2.76.